The molecule has 0 atom stereocenters. The first-order chi connectivity index (χ1) is 9.40. The van der Waals surface area contributed by atoms with Crippen molar-refractivity contribution >= 4 is 10.9 Å². The van der Waals surface area contributed by atoms with E-state index in [0.29, 0.717) is 0 Å². The Hall–Kier alpha value is -1.28. The molecule has 3 rings (SSSR count). The Morgan fingerprint density at radius 1 is 1.21 bits per heavy atom. The number of para-hydroxylation sites is 1. The minimum Gasteiger partial charge on any atom is -0.347 e. The van der Waals surface area contributed by atoms with Crippen molar-refractivity contribution in [3.05, 3.63) is 36.0 Å². The predicted octanol–water partition coefficient (Wildman–Crippen LogP) is 3.91. The van der Waals surface area contributed by atoms with E-state index in [9.17, 15) is 0 Å². The van der Waals surface area contributed by atoms with Gasteiger partial charge in [-0.2, -0.15) is 0 Å². The number of benzene rings is 1. The zero-order chi connectivity index (χ0) is 13.1. The second-order valence-electron chi connectivity index (χ2n) is 5.67. The zero-order valence-corrected chi connectivity index (χ0v) is 11.9. The normalized spacial score (nSPS) is 17.1. The highest BCUT2D eigenvalue weighted by molar-refractivity contribution is 5.84. The summed E-state index contributed by atoms with van der Waals surface area (Å²) in [6.45, 7) is 5.75. The molecule has 0 amide bonds. The van der Waals surface area contributed by atoms with Gasteiger partial charge in [0.15, 0.2) is 0 Å². The monoisotopic (exact) mass is 256 g/mol. The molecule has 1 aliphatic heterocycles. The molecule has 0 unspecified atom stereocenters. The minimum absolute atomic E-state index is 0.744. The number of fused-ring (bicyclic) bond motifs is 1. The third-order valence-corrected chi connectivity index (χ3v) is 4.35. The first kappa shape index (κ1) is 12.7. The van der Waals surface area contributed by atoms with Gasteiger partial charge in [0.1, 0.15) is 0 Å². The van der Waals surface area contributed by atoms with Crippen molar-refractivity contribution in [1.29, 1.82) is 0 Å². The molecule has 0 bridgehead atoms. The van der Waals surface area contributed by atoms with Crippen molar-refractivity contribution in [1.82, 2.24) is 9.88 Å². The quantitative estimate of drug-likeness (QED) is 0.877. The van der Waals surface area contributed by atoms with Crippen LogP contribution in [0.1, 0.15) is 44.1 Å². The maximum atomic E-state index is 3.47. The predicted molar refractivity (Wildman–Crippen MR) is 81.7 cm³/mol. The van der Waals surface area contributed by atoms with Gasteiger partial charge in [0, 0.05) is 23.6 Å². The summed E-state index contributed by atoms with van der Waals surface area (Å²) >= 11 is 0. The van der Waals surface area contributed by atoms with Gasteiger partial charge in [0.05, 0.1) is 0 Å². The average Bonchev–Trinajstić information content (AvgIpc) is 2.85. The summed E-state index contributed by atoms with van der Waals surface area (Å²) in [5.74, 6) is 0.744. The topological polar surface area (TPSA) is 17.0 Å². The lowest BCUT2D eigenvalue weighted by Crippen LogP contribution is -2.26. The number of nitrogens with one attached hydrogen (secondary N) is 1. The maximum absolute atomic E-state index is 3.47. The van der Waals surface area contributed by atoms with Crippen LogP contribution in [0.2, 0.25) is 0 Å². The number of aromatic nitrogens is 1. The molecule has 0 saturated carbocycles. The molecule has 0 spiro atoms. The van der Waals surface area contributed by atoms with Crippen LogP contribution in [0.4, 0.5) is 0 Å². The highest BCUT2D eigenvalue weighted by Crippen LogP contribution is 2.33. The van der Waals surface area contributed by atoms with E-state index in [4.69, 9.17) is 0 Å². The molecule has 2 heterocycles. The van der Waals surface area contributed by atoms with Crippen molar-refractivity contribution in [3.8, 4) is 0 Å². The Morgan fingerprint density at radius 2 is 2.00 bits per heavy atom. The van der Waals surface area contributed by atoms with Crippen LogP contribution in [0.3, 0.4) is 0 Å². The van der Waals surface area contributed by atoms with Crippen molar-refractivity contribution in [2.45, 2.75) is 45.1 Å². The third kappa shape index (κ3) is 2.55. The Morgan fingerprint density at radius 3 is 2.79 bits per heavy atom. The Labute approximate surface area is 115 Å². The molecular weight excluding hydrogens is 232 g/mol. The molecule has 102 valence electrons. The smallest absolute Gasteiger partial charge is 0.0483 e. The van der Waals surface area contributed by atoms with Gasteiger partial charge in [-0.25, -0.2) is 0 Å². The number of hydrogen-bond donors (Lipinski definition) is 1. The summed E-state index contributed by atoms with van der Waals surface area (Å²) in [5, 5.41) is 4.94. The van der Waals surface area contributed by atoms with Crippen molar-refractivity contribution < 1.29 is 0 Å². The van der Waals surface area contributed by atoms with Crippen LogP contribution < -0.4 is 5.32 Å². The van der Waals surface area contributed by atoms with Gasteiger partial charge in [0.25, 0.3) is 0 Å². The van der Waals surface area contributed by atoms with Gasteiger partial charge in [-0.05, 0) is 49.9 Å². The summed E-state index contributed by atoms with van der Waals surface area (Å²) in [7, 11) is 0. The standard InChI is InChI=1S/C17H24N2/c1-2-3-12-19-13-16(14-8-10-18-11-9-14)15-6-4-5-7-17(15)19/h4-7,13-14,18H,2-3,8-12H2,1H3. The van der Waals surface area contributed by atoms with E-state index >= 15 is 0 Å². The van der Waals surface area contributed by atoms with Crippen molar-refractivity contribution in [2.24, 2.45) is 0 Å². The molecule has 2 nitrogen and oxygen atoms in total. The summed E-state index contributed by atoms with van der Waals surface area (Å²) in [5.41, 5.74) is 3.00. The Bertz CT molecular complexity index is 535. The van der Waals surface area contributed by atoms with Crippen LogP contribution in [0, 0.1) is 0 Å². The molecule has 1 N–H and O–H groups in total. The zero-order valence-electron chi connectivity index (χ0n) is 11.9. The number of piperidine rings is 1. The number of aryl methyl sites for hydroxylation is 1. The Balaban J connectivity index is 1.98. The lowest BCUT2D eigenvalue weighted by Gasteiger charge is -2.22. The molecule has 2 heteroatoms. The third-order valence-electron chi connectivity index (χ3n) is 4.35. The van der Waals surface area contributed by atoms with E-state index in [1.54, 1.807) is 5.56 Å². The molecule has 1 fully saturated rings. The summed E-state index contributed by atoms with van der Waals surface area (Å²) < 4.78 is 2.47. The van der Waals surface area contributed by atoms with Gasteiger partial charge in [-0.3, -0.25) is 0 Å². The van der Waals surface area contributed by atoms with Crippen LogP contribution in [0.15, 0.2) is 30.5 Å². The van der Waals surface area contributed by atoms with E-state index < -0.39 is 0 Å². The average molecular weight is 256 g/mol. The van der Waals surface area contributed by atoms with Crippen molar-refractivity contribution in [2.75, 3.05) is 13.1 Å². The van der Waals surface area contributed by atoms with Crippen LogP contribution >= 0.6 is 0 Å². The summed E-state index contributed by atoms with van der Waals surface area (Å²) in [4.78, 5) is 0. The highest BCUT2D eigenvalue weighted by Gasteiger charge is 2.19. The molecule has 1 aromatic carbocycles. The van der Waals surface area contributed by atoms with E-state index in [1.807, 2.05) is 0 Å². The van der Waals surface area contributed by atoms with Crippen LogP contribution in [0.25, 0.3) is 10.9 Å². The SMILES string of the molecule is CCCCn1cc(C2CCNCC2)c2ccccc21. The van der Waals surface area contributed by atoms with Gasteiger partial charge in [-0.15, -0.1) is 0 Å². The molecule has 0 radical (unpaired) electrons. The van der Waals surface area contributed by atoms with Gasteiger partial charge in [-0.1, -0.05) is 31.5 Å². The van der Waals surface area contributed by atoms with Crippen LogP contribution in [-0.2, 0) is 6.54 Å². The van der Waals surface area contributed by atoms with Gasteiger partial charge < -0.3 is 9.88 Å². The first-order valence-corrected chi connectivity index (χ1v) is 7.68. The lowest BCUT2D eigenvalue weighted by molar-refractivity contribution is 0.461. The highest BCUT2D eigenvalue weighted by atomic mass is 15.0. The summed E-state index contributed by atoms with van der Waals surface area (Å²) in [6.07, 6.45) is 7.51. The minimum atomic E-state index is 0.744. The second kappa shape index (κ2) is 5.79. The fraction of sp³-hybridized carbons (Fsp3) is 0.529. The number of unbranched alkanes of at least 4 members (excludes halogenated alkanes) is 1. The number of rotatable bonds is 4. The Kier molecular flexibility index (Phi) is 3.88. The van der Waals surface area contributed by atoms with Gasteiger partial charge in [0.2, 0.25) is 0 Å². The molecular formula is C17H24N2. The fourth-order valence-electron chi connectivity index (χ4n) is 3.25. The molecule has 1 aromatic heterocycles. The van der Waals surface area contributed by atoms with E-state index in [1.165, 1.54) is 49.7 Å². The number of hydrogen-bond acceptors (Lipinski definition) is 1. The van der Waals surface area contributed by atoms with Crippen molar-refractivity contribution in [3.63, 3.8) is 0 Å². The van der Waals surface area contributed by atoms with E-state index in [2.05, 4.69) is 47.3 Å². The summed E-state index contributed by atoms with van der Waals surface area (Å²) in [6, 6.07) is 8.92. The molecule has 19 heavy (non-hydrogen) atoms. The lowest BCUT2D eigenvalue weighted by atomic mass is 9.90. The second-order valence-corrected chi connectivity index (χ2v) is 5.67. The largest absolute Gasteiger partial charge is 0.347 e. The maximum Gasteiger partial charge on any atom is 0.0483 e. The van der Waals surface area contributed by atoms with Crippen LogP contribution in [0.5, 0.6) is 0 Å². The van der Waals surface area contributed by atoms with E-state index in [0.717, 1.165) is 12.5 Å². The molecule has 0 aliphatic carbocycles. The fourth-order valence-corrected chi connectivity index (χ4v) is 3.25. The van der Waals surface area contributed by atoms with Crippen LogP contribution in [-0.4, -0.2) is 17.7 Å². The molecule has 1 aliphatic rings. The number of nitrogens with zero attached hydrogens (tertiary/aromatic N) is 1. The first-order valence-electron chi connectivity index (χ1n) is 7.68. The van der Waals surface area contributed by atoms with Gasteiger partial charge >= 0.3 is 0 Å². The molecule has 1 saturated heterocycles. The van der Waals surface area contributed by atoms with E-state index in [-0.39, 0.29) is 0 Å². The molecule has 2 aromatic rings.